The van der Waals surface area contributed by atoms with Crippen molar-refractivity contribution < 1.29 is 14.0 Å². The zero-order chi connectivity index (χ0) is 21.6. The van der Waals surface area contributed by atoms with Crippen molar-refractivity contribution in [3.63, 3.8) is 0 Å². The maximum Gasteiger partial charge on any atom is 0.319 e. The van der Waals surface area contributed by atoms with Gasteiger partial charge in [-0.1, -0.05) is 32.9 Å². The molecule has 3 rings (SSSR count). The number of likely N-dealkylation sites (tertiary alicyclic amines) is 1. The molecule has 1 fully saturated rings. The first-order valence-electron chi connectivity index (χ1n) is 10.5. The molecular weight excluding hydrogens is 378 g/mol. The van der Waals surface area contributed by atoms with E-state index >= 15 is 0 Å². The van der Waals surface area contributed by atoms with Gasteiger partial charge in [-0.25, -0.2) is 4.79 Å². The van der Waals surface area contributed by atoms with Crippen molar-refractivity contribution in [1.29, 1.82) is 0 Å². The Balaban J connectivity index is 1.38. The lowest BCUT2D eigenvalue weighted by atomic mass is 9.87. The molecule has 3 amide bonds. The predicted molar refractivity (Wildman–Crippen MR) is 119 cm³/mol. The molecule has 0 unspecified atom stereocenters. The van der Waals surface area contributed by atoms with Crippen LogP contribution in [-0.2, 0) is 10.2 Å². The number of anilines is 1. The molecule has 160 valence electrons. The zero-order valence-electron chi connectivity index (χ0n) is 18.0. The number of carbonyl (C=O) groups is 2. The van der Waals surface area contributed by atoms with Crippen LogP contribution in [0.2, 0.25) is 0 Å². The van der Waals surface area contributed by atoms with Crippen molar-refractivity contribution in [3.8, 4) is 0 Å². The molecule has 2 aromatic rings. The molecule has 1 saturated heterocycles. The van der Waals surface area contributed by atoms with Crippen molar-refractivity contribution in [2.24, 2.45) is 5.92 Å². The van der Waals surface area contributed by atoms with Crippen LogP contribution in [0.1, 0.15) is 44.9 Å². The Bertz CT molecular complexity index is 856. The average Bonchev–Trinajstić information content (AvgIpc) is 3.24. The highest BCUT2D eigenvalue weighted by Crippen LogP contribution is 2.23. The van der Waals surface area contributed by atoms with Crippen molar-refractivity contribution in [3.05, 3.63) is 60.1 Å². The number of benzene rings is 1. The van der Waals surface area contributed by atoms with E-state index in [1.165, 1.54) is 5.56 Å². The molecule has 0 spiro atoms. The zero-order valence-corrected chi connectivity index (χ0v) is 18.0. The molecule has 30 heavy (non-hydrogen) atoms. The molecule has 6 heteroatoms. The molecular formula is C24H31N3O3. The van der Waals surface area contributed by atoms with Gasteiger partial charge in [-0.05, 0) is 60.1 Å². The minimum Gasteiger partial charge on any atom is -0.465 e. The van der Waals surface area contributed by atoms with Gasteiger partial charge in [0, 0.05) is 31.4 Å². The van der Waals surface area contributed by atoms with E-state index in [0.29, 0.717) is 31.3 Å². The standard InChI is InChI=1S/C24H31N3O3/c1-24(2,3)19-6-8-20(9-7-19)26-23(29)25-17-18-12-14-27(15-13-18)22(28)11-10-21-5-4-16-30-21/h4-11,16,18H,12-15,17H2,1-3H3,(H2,25,26,29)/b11-10+. The van der Waals surface area contributed by atoms with Gasteiger partial charge in [0.05, 0.1) is 6.26 Å². The van der Waals surface area contributed by atoms with Gasteiger partial charge in [0.2, 0.25) is 5.91 Å². The van der Waals surface area contributed by atoms with Crippen LogP contribution in [0, 0.1) is 5.92 Å². The summed E-state index contributed by atoms with van der Waals surface area (Å²) in [5.74, 6) is 1.04. The lowest BCUT2D eigenvalue weighted by Crippen LogP contribution is -2.41. The van der Waals surface area contributed by atoms with E-state index in [2.05, 4.69) is 31.4 Å². The fraction of sp³-hybridized carbons (Fsp3) is 0.417. The molecule has 0 atom stereocenters. The maximum atomic E-state index is 12.3. The lowest BCUT2D eigenvalue weighted by molar-refractivity contribution is -0.127. The second-order valence-electron chi connectivity index (χ2n) is 8.78. The number of carbonyl (C=O) groups excluding carboxylic acids is 2. The van der Waals surface area contributed by atoms with Crippen molar-refractivity contribution in [2.75, 3.05) is 25.0 Å². The van der Waals surface area contributed by atoms with Crippen molar-refractivity contribution in [1.82, 2.24) is 10.2 Å². The number of hydrogen-bond acceptors (Lipinski definition) is 3. The first-order chi connectivity index (χ1) is 14.3. The van der Waals surface area contributed by atoms with Crippen LogP contribution < -0.4 is 10.6 Å². The summed E-state index contributed by atoms with van der Waals surface area (Å²) in [6.07, 6.45) is 6.58. The Kier molecular flexibility index (Phi) is 6.98. The molecule has 0 saturated carbocycles. The third-order valence-corrected chi connectivity index (χ3v) is 5.42. The monoisotopic (exact) mass is 409 g/mol. The summed E-state index contributed by atoms with van der Waals surface area (Å²) < 4.78 is 5.20. The van der Waals surface area contributed by atoms with Gasteiger partial charge in [-0.2, -0.15) is 0 Å². The van der Waals surface area contributed by atoms with Gasteiger partial charge < -0.3 is 20.0 Å². The maximum absolute atomic E-state index is 12.3. The number of rotatable bonds is 5. The molecule has 6 nitrogen and oxygen atoms in total. The van der Waals surface area contributed by atoms with E-state index in [1.54, 1.807) is 24.5 Å². The second kappa shape index (κ2) is 9.65. The SMILES string of the molecule is CC(C)(C)c1ccc(NC(=O)NCC2CCN(C(=O)/C=C/c3ccco3)CC2)cc1. The highest BCUT2D eigenvalue weighted by atomic mass is 16.3. The summed E-state index contributed by atoms with van der Waals surface area (Å²) in [6.45, 7) is 8.49. The molecule has 1 aromatic heterocycles. The largest absolute Gasteiger partial charge is 0.465 e. The summed E-state index contributed by atoms with van der Waals surface area (Å²) in [5, 5.41) is 5.84. The fourth-order valence-corrected chi connectivity index (χ4v) is 3.47. The van der Waals surface area contributed by atoms with Crippen molar-refractivity contribution >= 4 is 23.7 Å². The molecule has 1 aliphatic heterocycles. The van der Waals surface area contributed by atoms with E-state index in [-0.39, 0.29) is 17.4 Å². The number of piperidine rings is 1. The molecule has 1 aromatic carbocycles. The Morgan fingerprint density at radius 3 is 2.43 bits per heavy atom. The van der Waals surface area contributed by atoms with E-state index in [1.807, 2.05) is 35.2 Å². The minimum absolute atomic E-state index is 0.00532. The summed E-state index contributed by atoms with van der Waals surface area (Å²) in [6, 6.07) is 11.4. The van der Waals surface area contributed by atoms with Crippen molar-refractivity contribution in [2.45, 2.75) is 39.0 Å². The third kappa shape index (κ3) is 6.24. The number of urea groups is 1. The normalized spacial score (nSPS) is 15.4. The number of hydrogen-bond donors (Lipinski definition) is 2. The number of nitrogens with zero attached hydrogens (tertiary/aromatic N) is 1. The quantitative estimate of drug-likeness (QED) is 0.706. The first kappa shape index (κ1) is 21.7. The van der Waals surface area contributed by atoms with Gasteiger partial charge in [0.25, 0.3) is 0 Å². The molecule has 0 radical (unpaired) electrons. The summed E-state index contributed by atoms with van der Waals surface area (Å²) in [4.78, 5) is 26.3. The summed E-state index contributed by atoms with van der Waals surface area (Å²) in [5.41, 5.74) is 2.10. The van der Waals surface area contributed by atoms with Gasteiger partial charge in [-0.3, -0.25) is 4.79 Å². The van der Waals surface area contributed by atoms with Gasteiger partial charge >= 0.3 is 6.03 Å². The molecule has 2 heterocycles. The Morgan fingerprint density at radius 1 is 1.13 bits per heavy atom. The van der Waals surface area contributed by atoms with E-state index in [9.17, 15) is 9.59 Å². The highest BCUT2D eigenvalue weighted by molar-refractivity contribution is 5.91. The number of furan rings is 1. The van der Waals surface area contributed by atoms with Crippen LogP contribution >= 0.6 is 0 Å². The smallest absolute Gasteiger partial charge is 0.319 e. The summed E-state index contributed by atoms with van der Waals surface area (Å²) in [7, 11) is 0. The number of nitrogens with one attached hydrogen (secondary N) is 2. The van der Waals surface area contributed by atoms with Crippen LogP contribution in [0.3, 0.4) is 0 Å². The van der Waals surface area contributed by atoms with E-state index in [0.717, 1.165) is 18.5 Å². The van der Waals surface area contributed by atoms with Crippen LogP contribution in [0.25, 0.3) is 6.08 Å². The second-order valence-corrected chi connectivity index (χ2v) is 8.78. The molecule has 2 N–H and O–H groups in total. The Labute approximate surface area is 178 Å². The van der Waals surface area contributed by atoms with E-state index < -0.39 is 0 Å². The topological polar surface area (TPSA) is 74.6 Å². The van der Waals surface area contributed by atoms with Crippen LogP contribution in [0.15, 0.2) is 53.2 Å². The van der Waals surface area contributed by atoms with E-state index in [4.69, 9.17) is 4.42 Å². The highest BCUT2D eigenvalue weighted by Gasteiger charge is 2.22. The van der Waals surface area contributed by atoms with Crippen LogP contribution in [0.5, 0.6) is 0 Å². The Morgan fingerprint density at radius 2 is 1.83 bits per heavy atom. The van der Waals surface area contributed by atoms with Crippen LogP contribution in [0.4, 0.5) is 10.5 Å². The Hall–Kier alpha value is -3.02. The van der Waals surface area contributed by atoms with Gasteiger partial charge in [-0.15, -0.1) is 0 Å². The molecule has 0 bridgehead atoms. The molecule has 1 aliphatic rings. The lowest BCUT2D eigenvalue weighted by Gasteiger charge is -2.31. The summed E-state index contributed by atoms with van der Waals surface area (Å²) >= 11 is 0. The average molecular weight is 410 g/mol. The minimum atomic E-state index is -0.196. The first-order valence-corrected chi connectivity index (χ1v) is 10.5. The van der Waals surface area contributed by atoms with Gasteiger partial charge in [0.1, 0.15) is 5.76 Å². The molecule has 0 aliphatic carbocycles. The predicted octanol–water partition coefficient (Wildman–Crippen LogP) is 4.65. The number of amides is 3. The fourth-order valence-electron chi connectivity index (χ4n) is 3.47. The van der Waals surface area contributed by atoms with Gasteiger partial charge in [0.15, 0.2) is 0 Å². The third-order valence-electron chi connectivity index (χ3n) is 5.42. The van der Waals surface area contributed by atoms with Crippen LogP contribution in [-0.4, -0.2) is 36.5 Å².